The number of guanidine groups is 1. The van der Waals surface area contributed by atoms with Crippen LogP contribution in [0.25, 0.3) is 0 Å². The first-order valence-electron chi connectivity index (χ1n) is 9.24. The number of amides is 1. The summed E-state index contributed by atoms with van der Waals surface area (Å²) < 4.78 is 5.67. The molecule has 2 aromatic rings. The van der Waals surface area contributed by atoms with E-state index in [0.29, 0.717) is 25.3 Å². The van der Waals surface area contributed by atoms with Crippen LogP contribution in [0.3, 0.4) is 0 Å². The first kappa shape index (κ1) is 20.3. The quantitative estimate of drug-likeness (QED) is 0.360. The van der Waals surface area contributed by atoms with Crippen LogP contribution in [0.1, 0.15) is 22.8 Å². The molecule has 2 aromatic carbocycles. The molecule has 0 atom stereocenters. The third kappa shape index (κ3) is 7.40. The SMILES string of the molecule is CCNC(=NCCc1cccc(C(=O)NC)c1)NCCOc1ccccc1. The van der Waals surface area contributed by atoms with Crippen molar-refractivity contribution >= 4 is 11.9 Å². The molecule has 0 heterocycles. The van der Waals surface area contributed by atoms with Crippen molar-refractivity contribution < 1.29 is 9.53 Å². The summed E-state index contributed by atoms with van der Waals surface area (Å²) >= 11 is 0. The maximum atomic E-state index is 11.7. The molecule has 144 valence electrons. The highest BCUT2D eigenvalue weighted by Crippen LogP contribution is 2.07. The zero-order valence-electron chi connectivity index (χ0n) is 16.0. The molecule has 3 N–H and O–H groups in total. The Morgan fingerprint density at radius 3 is 2.63 bits per heavy atom. The van der Waals surface area contributed by atoms with Crippen LogP contribution in [0.15, 0.2) is 59.6 Å². The molecule has 0 fully saturated rings. The summed E-state index contributed by atoms with van der Waals surface area (Å²) in [4.78, 5) is 16.3. The van der Waals surface area contributed by atoms with E-state index in [1.807, 2.05) is 61.5 Å². The number of hydrogen-bond acceptors (Lipinski definition) is 3. The van der Waals surface area contributed by atoms with Crippen molar-refractivity contribution in [3.8, 4) is 5.75 Å². The molecule has 6 nitrogen and oxygen atoms in total. The second-order valence-corrected chi connectivity index (χ2v) is 5.88. The third-order valence-electron chi connectivity index (χ3n) is 3.84. The number of para-hydroxylation sites is 1. The molecule has 0 aliphatic rings. The maximum Gasteiger partial charge on any atom is 0.251 e. The van der Waals surface area contributed by atoms with E-state index >= 15 is 0 Å². The molecule has 6 heteroatoms. The van der Waals surface area contributed by atoms with Gasteiger partial charge in [0.2, 0.25) is 0 Å². The van der Waals surface area contributed by atoms with Crippen molar-refractivity contribution in [1.82, 2.24) is 16.0 Å². The standard InChI is InChI=1S/C21H28N4O2/c1-3-23-21(25-14-15-27-19-10-5-4-6-11-19)24-13-12-17-8-7-9-18(16-17)20(26)22-2/h4-11,16H,3,12-15H2,1-2H3,(H,22,26)(H2,23,24,25). The molecule has 0 unspecified atom stereocenters. The van der Waals surface area contributed by atoms with Crippen molar-refractivity contribution in [2.24, 2.45) is 4.99 Å². The minimum absolute atomic E-state index is 0.0752. The summed E-state index contributed by atoms with van der Waals surface area (Å²) in [5, 5.41) is 9.13. The number of carbonyl (C=O) groups excluding carboxylic acids is 1. The average Bonchev–Trinajstić information content (AvgIpc) is 2.71. The van der Waals surface area contributed by atoms with Crippen molar-refractivity contribution in [3.05, 3.63) is 65.7 Å². The summed E-state index contributed by atoms with van der Waals surface area (Å²) in [5.74, 6) is 1.54. The molecule has 1 amide bonds. The van der Waals surface area contributed by atoms with Gasteiger partial charge in [0.15, 0.2) is 5.96 Å². The van der Waals surface area contributed by atoms with Gasteiger partial charge in [0.1, 0.15) is 12.4 Å². The van der Waals surface area contributed by atoms with Gasteiger partial charge in [-0.15, -0.1) is 0 Å². The highest BCUT2D eigenvalue weighted by atomic mass is 16.5. The normalized spacial score (nSPS) is 11.0. The highest BCUT2D eigenvalue weighted by molar-refractivity contribution is 5.94. The Hall–Kier alpha value is -3.02. The fourth-order valence-corrected chi connectivity index (χ4v) is 2.51. The molecule has 0 radical (unpaired) electrons. The van der Waals surface area contributed by atoms with E-state index in [4.69, 9.17) is 4.74 Å². The molecular formula is C21H28N4O2. The molecule has 2 rings (SSSR count). The van der Waals surface area contributed by atoms with E-state index in [9.17, 15) is 4.79 Å². The van der Waals surface area contributed by atoms with Crippen LogP contribution in [0.2, 0.25) is 0 Å². The van der Waals surface area contributed by atoms with Crippen molar-refractivity contribution in [1.29, 1.82) is 0 Å². The third-order valence-corrected chi connectivity index (χ3v) is 3.84. The van der Waals surface area contributed by atoms with E-state index in [1.54, 1.807) is 7.05 Å². The molecule has 0 spiro atoms. The molecule has 0 aromatic heterocycles. The Balaban J connectivity index is 1.79. The van der Waals surface area contributed by atoms with Gasteiger partial charge in [0.25, 0.3) is 5.91 Å². The second kappa shape index (κ2) is 11.6. The summed E-state index contributed by atoms with van der Waals surface area (Å²) in [6.07, 6.45) is 0.766. The Kier molecular flexibility index (Phi) is 8.69. The van der Waals surface area contributed by atoms with Crippen LogP contribution in [0.4, 0.5) is 0 Å². The summed E-state index contributed by atoms with van der Waals surface area (Å²) in [6, 6.07) is 17.4. The molecule has 0 aliphatic carbocycles. The summed E-state index contributed by atoms with van der Waals surface area (Å²) in [6.45, 7) is 4.67. The van der Waals surface area contributed by atoms with Crippen LogP contribution in [0, 0.1) is 0 Å². The largest absolute Gasteiger partial charge is 0.492 e. The van der Waals surface area contributed by atoms with Crippen LogP contribution in [-0.4, -0.2) is 45.2 Å². The van der Waals surface area contributed by atoms with Gasteiger partial charge in [-0.05, 0) is 43.2 Å². The average molecular weight is 368 g/mol. The molecule has 0 saturated heterocycles. The number of nitrogens with one attached hydrogen (secondary N) is 3. The zero-order chi connectivity index (χ0) is 19.3. The zero-order valence-corrected chi connectivity index (χ0v) is 16.0. The summed E-state index contributed by atoms with van der Waals surface area (Å²) in [7, 11) is 1.63. The first-order valence-corrected chi connectivity index (χ1v) is 9.24. The Morgan fingerprint density at radius 1 is 1.07 bits per heavy atom. The number of carbonyl (C=O) groups is 1. The fraction of sp³-hybridized carbons (Fsp3) is 0.333. The Bertz CT molecular complexity index is 732. The minimum atomic E-state index is -0.0752. The molecular weight excluding hydrogens is 340 g/mol. The van der Waals surface area contributed by atoms with Crippen LogP contribution >= 0.6 is 0 Å². The van der Waals surface area contributed by atoms with Gasteiger partial charge in [-0.2, -0.15) is 0 Å². The van der Waals surface area contributed by atoms with E-state index < -0.39 is 0 Å². The smallest absolute Gasteiger partial charge is 0.251 e. The van der Waals surface area contributed by atoms with Gasteiger partial charge in [0.05, 0.1) is 6.54 Å². The number of benzene rings is 2. The Labute approximate surface area is 161 Å². The number of rotatable bonds is 9. The lowest BCUT2D eigenvalue weighted by atomic mass is 10.1. The van der Waals surface area contributed by atoms with E-state index in [-0.39, 0.29) is 5.91 Å². The lowest BCUT2D eigenvalue weighted by Crippen LogP contribution is -2.39. The predicted octanol–water partition coefficient (Wildman–Crippen LogP) is 2.22. The highest BCUT2D eigenvalue weighted by Gasteiger charge is 2.03. The minimum Gasteiger partial charge on any atom is -0.492 e. The van der Waals surface area contributed by atoms with Crippen LogP contribution in [0.5, 0.6) is 5.75 Å². The number of nitrogens with zero attached hydrogens (tertiary/aromatic N) is 1. The molecule has 0 bridgehead atoms. The topological polar surface area (TPSA) is 74.8 Å². The first-order chi connectivity index (χ1) is 13.2. The van der Waals surface area contributed by atoms with Gasteiger partial charge in [-0.25, -0.2) is 0 Å². The summed E-state index contributed by atoms with van der Waals surface area (Å²) in [5.41, 5.74) is 1.75. The lowest BCUT2D eigenvalue weighted by molar-refractivity contribution is 0.0963. The molecule has 0 saturated carbocycles. The van der Waals surface area contributed by atoms with Gasteiger partial charge in [0, 0.05) is 25.7 Å². The van der Waals surface area contributed by atoms with Gasteiger partial charge < -0.3 is 20.7 Å². The maximum absolute atomic E-state index is 11.7. The van der Waals surface area contributed by atoms with Gasteiger partial charge >= 0.3 is 0 Å². The molecule has 27 heavy (non-hydrogen) atoms. The Morgan fingerprint density at radius 2 is 1.89 bits per heavy atom. The van der Waals surface area contributed by atoms with E-state index in [2.05, 4.69) is 20.9 Å². The van der Waals surface area contributed by atoms with Gasteiger partial charge in [-0.1, -0.05) is 30.3 Å². The van der Waals surface area contributed by atoms with E-state index in [1.165, 1.54) is 0 Å². The van der Waals surface area contributed by atoms with E-state index in [0.717, 1.165) is 30.2 Å². The second-order valence-electron chi connectivity index (χ2n) is 5.88. The van der Waals surface area contributed by atoms with Crippen molar-refractivity contribution in [2.45, 2.75) is 13.3 Å². The number of hydrogen-bond donors (Lipinski definition) is 3. The fourth-order valence-electron chi connectivity index (χ4n) is 2.51. The molecule has 0 aliphatic heterocycles. The van der Waals surface area contributed by atoms with Crippen molar-refractivity contribution in [3.63, 3.8) is 0 Å². The lowest BCUT2D eigenvalue weighted by Gasteiger charge is -2.12. The number of aliphatic imine (C=N–C) groups is 1. The van der Waals surface area contributed by atoms with Gasteiger partial charge in [-0.3, -0.25) is 9.79 Å². The number of ether oxygens (including phenoxy) is 1. The predicted molar refractivity (Wildman–Crippen MR) is 109 cm³/mol. The van der Waals surface area contributed by atoms with Crippen molar-refractivity contribution in [2.75, 3.05) is 33.3 Å². The monoisotopic (exact) mass is 368 g/mol. The van der Waals surface area contributed by atoms with Crippen LogP contribution in [-0.2, 0) is 6.42 Å². The van der Waals surface area contributed by atoms with Crippen LogP contribution < -0.4 is 20.7 Å².